The van der Waals surface area contributed by atoms with Crippen molar-refractivity contribution in [2.24, 2.45) is 5.73 Å². The molecule has 1 aromatic rings. The summed E-state index contributed by atoms with van der Waals surface area (Å²) in [6.45, 7) is 7.40. The topological polar surface area (TPSA) is 46.3 Å². The fourth-order valence-corrected chi connectivity index (χ4v) is 1.99. The molecule has 3 nitrogen and oxygen atoms in total. The van der Waals surface area contributed by atoms with Gasteiger partial charge >= 0.3 is 0 Å². The second kappa shape index (κ2) is 8.18. The number of nitrogens with two attached hydrogens (primary N) is 1. The van der Waals surface area contributed by atoms with Gasteiger partial charge in [0.25, 0.3) is 0 Å². The molecule has 108 valence electrons. The predicted octanol–water partition coefficient (Wildman–Crippen LogP) is 2.93. The molecule has 0 radical (unpaired) electrons. The van der Waals surface area contributed by atoms with Crippen LogP contribution in [0.2, 0.25) is 0 Å². The molecule has 0 aliphatic carbocycles. The van der Waals surface area contributed by atoms with Crippen molar-refractivity contribution < 1.29 is 4.79 Å². The molecule has 4 heteroatoms. The zero-order chi connectivity index (χ0) is 13.6. The van der Waals surface area contributed by atoms with E-state index < -0.39 is 5.54 Å². The zero-order valence-electron chi connectivity index (χ0n) is 12.1. The first-order chi connectivity index (χ1) is 8.54. The lowest BCUT2D eigenvalue weighted by molar-refractivity contribution is -0.136. The van der Waals surface area contributed by atoms with Crippen molar-refractivity contribution in [2.75, 3.05) is 13.1 Å². The summed E-state index contributed by atoms with van der Waals surface area (Å²) in [7, 11) is 0. The normalized spacial score (nSPS) is 13.3. The summed E-state index contributed by atoms with van der Waals surface area (Å²) in [4.78, 5) is 14.3. The molecule has 0 fully saturated rings. The Morgan fingerprint density at radius 2 is 1.84 bits per heavy atom. The first-order valence-corrected chi connectivity index (χ1v) is 6.67. The highest BCUT2D eigenvalue weighted by Gasteiger charge is 2.33. The Morgan fingerprint density at radius 3 is 2.32 bits per heavy atom. The molecule has 0 aliphatic heterocycles. The summed E-state index contributed by atoms with van der Waals surface area (Å²) in [6, 6.07) is 9.57. The van der Waals surface area contributed by atoms with Crippen LogP contribution < -0.4 is 5.73 Å². The van der Waals surface area contributed by atoms with Gasteiger partial charge in [0.05, 0.1) is 0 Å². The Kier molecular flexibility index (Phi) is 7.72. The average molecular weight is 285 g/mol. The molecule has 0 heterocycles. The van der Waals surface area contributed by atoms with Gasteiger partial charge < -0.3 is 10.6 Å². The van der Waals surface area contributed by atoms with Gasteiger partial charge in [0.15, 0.2) is 0 Å². The smallest absolute Gasteiger partial charge is 0.246 e. The molecule has 2 N–H and O–H groups in total. The number of carbonyl (C=O) groups excluding carboxylic acids is 1. The van der Waals surface area contributed by atoms with E-state index in [9.17, 15) is 4.79 Å². The molecule has 1 atom stereocenters. The molecule has 0 bridgehead atoms. The first kappa shape index (κ1) is 17.9. The van der Waals surface area contributed by atoms with Crippen LogP contribution in [0, 0.1) is 0 Å². The van der Waals surface area contributed by atoms with E-state index >= 15 is 0 Å². The van der Waals surface area contributed by atoms with Crippen molar-refractivity contribution in [2.45, 2.75) is 39.2 Å². The number of hydrogen-bond acceptors (Lipinski definition) is 2. The van der Waals surface area contributed by atoms with Crippen LogP contribution in [-0.2, 0) is 10.3 Å². The number of amides is 1. The summed E-state index contributed by atoms with van der Waals surface area (Å²) in [5.41, 5.74) is 6.16. The van der Waals surface area contributed by atoms with Crippen LogP contribution in [0.25, 0.3) is 0 Å². The van der Waals surface area contributed by atoms with Crippen LogP contribution in [0.4, 0.5) is 0 Å². The fourth-order valence-electron chi connectivity index (χ4n) is 1.99. The third kappa shape index (κ3) is 4.51. The van der Waals surface area contributed by atoms with Gasteiger partial charge in [0, 0.05) is 13.1 Å². The number of rotatable bonds is 6. The molecule has 1 rings (SSSR count). The van der Waals surface area contributed by atoms with Gasteiger partial charge in [0.1, 0.15) is 5.54 Å². The molecule has 1 unspecified atom stereocenters. The molecule has 0 aromatic heterocycles. The van der Waals surface area contributed by atoms with Crippen LogP contribution in [0.1, 0.15) is 39.2 Å². The Bertz CT molecular complexity index is 379. The number of nitrogens with zero attached hydrogens (tertiary/aromatic N) is 1. The van der Waals surface area contributed by atoms with Gasteiger partial charge in [-0.05, 0) is 25.8 Å². The number of benzene rings is 1. The number of halogens is 1. The lowest BCUT2D eigenvalue weighted by Gasteiger charge is -2.31. The van der Waals surface area contributed by atoms with Crippen molar-refractivity contribution >= 4 is 18.3 Å². The maximum Gasteiger partial charge on any atom is 0.246 e. The highest BCUT2D eigenvalue weighted by molar-refractivity contribution is 5.87. The van der Waals surface area contributed by atoms with Crippen LogP contribution in [0.3, 0.4) is 0 Å². The summed E-state index contributed by atoms with van der Waals surface area (Å²) in [5.74, 6) is 0.00431. The number of hydrogen-bond donors (Lipinski definition) is 1. The summed E-state index contributed by atoms with van der Waals surface area (Å²) >= 11 is 0. The van der Waals surface area contributed by atoms with Crippen molar-refractivity contribution in [3.05, 3.63) is 35.9 Å². The minimum absolute atomic E-state index is 0. The lowest BCUT2D eigenvalue weighted by Crippen LogP contribution is -2.51. The minimum Gasteiger partial charge on any atom is -0.341 e. The van der Waals surface area contributed by atoms with E-state index in [1.54, 1.807) is 6.92 Å². The highest BCUT2D eigenvalue weighted by Crippen LogP contribution is 2.20. The van der Waals surface area contributed by atoms with E-state index in [4.69, 9.17) is 5.73 Å². The molecule has 1 amide bonds. The summed E-state index contributed by atoms with van der Waals surface area (Å²) in [6.07, 6.45) is 2.10. The maximum atomic E-state index is 12.5. The van der Waals surface area contributed by atoms with E-state index in [1.807, 2.05) is 42.2 Å². The van der Waals surface area contributed by atoms with Crippen molar-refractivity contribution in [1.29, 1.82) is 0 Å². The summed E-state index contributed by atoms with van der Waals surface area (Å²) in [5, 5.41) is 0. The van der Waals surface area contributed by atoms with E-state index in [-0.39, 0.29) is 18.3 Å². The Morgan fingerprint density at radius 1 is 1.26 bits per heavy atom. The van der Waals surface area contributed by atoms with Gasteiger partial charge in [0.2, 0.25) is 5.91 Å². The van der Waals surface area contributed by atoms with E-state index in [0.29, 0.717) is 6.54 Å². The number of likely N-dealkylation sites (N-methyl/N-ethyl adjacent to an activating group) is 1. The van der Waals surface area contributed by atoms with Gasteiger partial charge in [-0.15, -0.1) is 12.4 Å². The second-order valence-corrected chi connectivity index (χ2v) is 4.81. The van der Waals surface area contributed by atoms with E-state index in [1.165, 1.54) is 0 Å². The summed E-state index contributed by atoms with van der Waals surface area (Å²) < 4.78 is 0. The largest absolute Gasteiger partial charge is 0.341 e. The second-order valence-electron chi connectivity index (χ2n) is 4.81. The fraction of sp³-hybridized carbons (Fsp3) is 0.533. The van der Waals surface area contributed by atoms with E-state index in [2.05, 4.69) is 6.92 Å². The zero-order valence-corrected chi connectivity index (χ0v) is 12.9. The molecule has 0 aliphatic rings. The first-order valence-electron chi connectivity index (χ1n) is 6.67. The number of unbranched alkanes of at least 4 members (excludes halogenated alkanes) is 1. The van der Waals surface area contributed by atoms with Crippen LogP contribution in [0.15, 0.2) is 30.3 Å². The van der Waals surface area contributed by atoms with Crippen LogP contribution in [0.5, 0.6) is 0 Å². The third-order valence-electron chi connectivity index (χ3n) is 3.27. The van der Waals surface area contributed by atoms with Gasteiger partial charge in [-0.25, -0.2) is 0 Å². The van der Waals surface area contributed by atoms with Crippen molar-refractivity contribution in [3.8, 4) is 0 Å². The molecule has 0 spiro atoms. The average Bonchev–Trinajstić information content (AvgIpc) is 2.40. The Labute approximate surface area is 122 Å². The maximum absolute atomic E-state index is 12.5. The van der Waals surface area contributed by atoms with Crippen molar-refractivity contribution in [1.82, 2.24) is 4.90 Å². The lowest BCUT2D eigenvalue weighted by atomic mass is 9.91. The Hall–Kier alpha value is -1.06. The number of carbonyl (C=O) groups is 1. The molecule has 19 heavy (non-hydrogen) atoms. The monoisotopic (exact) mass is 284 g/mol. The Balaban J connectivity index is 0.00000324. The van der Waals surface area contributed by atoms with E-state index in [0.717, 1.165) is 24.9 Å². The van der Waals surface area contributed by atoms with Gasteiger partial charge in [-0.1, -0.05) is 43.7 Å². The molecule has 1 aromatic carbocycles. The molecule has 0 saturated heterocycles. The predicted molar refractivity (Wildman–Crippen MR) is 82.4 cm³/mol. The standard InChI is InChI=1S/C15H24N2O.ClH/c1-4-6-12-17(5-2)14(18)15(3,16)13-10-8-7-9-11-13;/h7-11H,4-6,12,16H2,1-3H3;1H. The van der Waals surface area contributed by atoms with Crippen LogP contribution >= 0.6 is 12.4 Å². The van der Waals surface area contributed by atoms with Gasteiger partial charge in [-0.2, -0.15) is 0 Å². The molecular formula is C15H25ClN2O. The quantitative estimate of drug-likeness (QED) is 0.873. The molecule has 0 saturated carbocycles. The van der Waals surface area contributed by atoms with Crippen LogP contribution in [-0.4, -0.2) is 23.9 Å². The SMILES string of the molecule is CCCCN(CC)C(=O)C(C)(N)c1ccccc1.Cl. The molecular weight excluding hydrogens is 260 g/mol. The van der Waals surface area contributed by atoms with Gasteiger partial charge in [-0.3, -0.25) is 4.79 Å². The minimum atomic E-state index is -0.939. The van der Waals surface area contributed by atoms with Crippen molar-refractivity contribution in [3.63, 3.8) is 0 Å². The highest BCUT2D eigenvalue weighted by atomic mass is 35.5. The third-order valence-corrected chi connectivity index (χ3v) is 3.27.